The number of hydrogen-bond donors (Lipinski definition) is 2. The van der Waals surface area contributed by atoms with Gasteiger partial charge in [0, 0.05) is 16.3 Å². The maximum Gasteiger partial charge on any atom is 0.0543 e. The van der Waals surface area contributed by atoms with E-state index < -0.39 is 0 Å². The third kappa shape index (κ3) is 3.06. The van der Waals surface area contributed by atoms with E-state index in [2.05, 4.69) is 25.2 Å². The molecule has 1 fully saturated rings. The molecule has 0 bridgehead atoms. The Morgan fingerprint density at radius 2 is 2.25 bits per heavy atom. The maximum absolute atomic E-state index is 9.44. The van der Waals surface area contributed by atoms with Gasteiger partial charge in [0.15, 0.2) is 0 Å². The molecule has 0 amide bonds. The van der Waals surface area contributed by atoms with Gasteiger partial charge >= 0.3 is 0 Å². The first-order chi connectivity index (χ1) is 7.65. The molecule has 2 atom stereocenters. The van der Waals surface area contributed by atoms with Gasteiger partial charge in [-0.1, -0.05) is 0 Å². The van der Waals surface area contributed by atoms with Gasteiger partial charge in [-0.25, -0.2) is 0 Å². The van der Waals surface area contributed by atoms with Crippen molar-refractivity contribution in [1.82, 2.24) is 5.32 Å². The molecule has 1 heterocycles. The van der Waals surface area contributed by atoms with Gasteiger partial charge in [0.1, 0.15) is 0 Å². The van der Waals surface area contributed by atoms with Crippen molar-refractivity contribution in [2.75, 3.05) is 6.54 Å². The van der Waals surface area contributed by atoms with E-state index in [1.807, 2.05) is 11.3 Å². The minimum absolute atomic E-state index is 0.0445. The Kier molecular flexibility index (Phi) is 4.00. The van der Waals surface area contributed by atoms with Gasteiger partial charge < -0.3 is 10.4 Å². The lowest BCUT2D eigenvalue weighted by atomic mass is 10.1. The van der Waals surface area contributed by atoms with E-state index in [1.165, 1.54) is 21.7 Å². The summed E-state index contributed by atoms with van der Waals surface area (Å²) in [6, 6.07) is 2.27. The van der Waals surface area contributed by atoms with Gasteiger partial charge in [-0.15, -0.1) is 11.3 Å². The fraction of sp³-hybridized carbons (Fsp3) is 0.692. The first kappa shape index (κ1) is 12.1. The van der Waals surface area contributed by atoms with Crippen LogP contribution in [0.25, 0.3) is 0 Å². The average Bonchev–Trinajstić information content (AvgIpc) is 2.74. The molecular weight excluding hydrogens is 218 g/mol. The van der Waals surface area contributed by atoms with Crippen molar-refractivity contribution in [2.45, 2.75) is 45.8 Å². The van der Waals surface area contributed by atoms with Crippen LogP contribution >= 0.6 is 11.3 Å². The molecule has 3 heteroatoms. The summed E-state index contributed by atoms with van der Waals surface area (Å²) in [5.74, 6) is 0.676. The third-order valence-electron chi connectivity index (χ3n) is 3.41. The summed E-state index contributed by atoms with van der Waals surface area (Å²) in [5, 5.41) is 13.0. The van der Waals surface area contributed by atoms with Crippen molar-refractivity contribution in [3.05, 3.63) is 21.4 Å². The highest BCUT2D eigenvalue weighted by Crippen LogP contribution is 2.25. The molecule has 2 rings (SSSR count). The van der Waals surface area contributed by atoms with Crippen LogP contribution in [0.4, 0.5) is 0 Å². The summed E-state index contributed by atoms with van der Waals surface area (Å²) in [7, 11) is 0. The van der Waals surface area contributed by atoms with Crippen LogP contribution in [0, 0.1) is 19.8 Å². The van der Waals surface area contributed by atoms with E-state index in [9.17, 15) is 5.11 Å². The van der Waals surface area contributed by atoms with E-state index >= 15 is 0 Å². The Morgan fingerprint density at radius 1 is 1.44 bits per heavy atom. The second kappa shape index (κ2) is 5.30. The zero-order valence-electron chi connectivity index (χ0n) is 10.1. The normalized spacial score (nSPS) is 25.2. The van der Waals surface area contributed by atoms with Crippen molar-refractivity contribution >= 4 is 11.3 Å². The summed E-state index contributed by atoms with van der Waals surface area (Å²) in [4.78, 5) is 2.82. The summed E-state index contributed by atoms with van der Waals surface area (Å²) < 4.78 is 0. The Morgan fingerprint density at radius 3 is 2.81 bits per heavy atom. The summed E-state index contributed by atoms with van der Waals surface area (Å²) in [6.45, 7) is 6.37. The van der Waals surface area contributed by atoms with E-state index in [1.54, 1.807) is 0 Å². The number of nitrogens with one attached hydrogen (secondary N) is 1. The molecule has 1 aliphatic carbocycles. The van der Waals surface area contributed by atoms with Gasteiger partial charge in [0.25, 0.3) is 0 Å². The minimum atomic E-state index is -0.0445. The van der Waals surface area contributed by atoms with Crippen LogP contribution < -0.4 is 5.32 Å². The molecule has 2 N–H and O–H groups in total. The fourth-order valence-corrected chi connectivity index (χ4v) is 3.45. The van der Waals surface area contributed by atoms with Crippen LogP contribution in [0.2, 0.25) is 0 Å². The second-order valence-corrected chi connectivity index (χ2v) is 6.36. The molecule has 16 heavy (non-hydrogen) atoms. The number of thiophene rings is 1. The van der Waals surface area contributed by atoms with Crippen molar-refractivity contribution < 1.29 is 5.11 Å². The average molecular weight is 239 g/mol. The fourth-order valence-electron chi connectivity index (χ4n) is 2.50. The van der Waals surface area contributed by atoms with Gasteiger partial charge in [0.2, 0.25) is 0 Å². The minimum Gasteiger partial charge on any atom is -0.393 e. The lowest BCUT2D eigenvalue weighted by molar-refractivity contribution is 0.177. The smallest absolute Gasteiger partial charge is 0.0543 e. The first-order valence-electron chi connectivity index (χ1n) is 6.10. The van der Waals surface area contributed by atoms with Crippen LogP contribution in [0.1, 0.15) is 34.6 Å². The molecule has 1 aliphatic rings. The summed E-state index contributed by atoms with van der Waals surface area (Å²) in [5.41, 5.74) is 1.43. The van der Waals surface area contributed by atoms with Crippen LogP contribution in [-0.2, 0) is 6.54 Å². The van der Waals surface area contributed by atoms with Crippen molar-refractivity contribution in [1.29, 1.82) is 0 Å². The quantitative estimate of drug-likeness (QED) is 0.846. The molecule has 2 unspecified atom stereocenters. The monoisotopic (exact) mass is 239 g/mol. The number of aliphatic hydroxyl groups excluding tert-OH is 1. The van der Waals surface area contributed by atoms with E-state index in [-0.39, 0.29) is 6.10 Å². The van der Waals surface area contributed by atoms with Crippen molar-refractivity contribution in [3.8, 4) is 0 Å². The van der Waals surface area contributed by atoms with E-state index in [0.717, 1.165) is 25.9 Å². The Labute approximate surface area is 102 Å². The van der Waals surface area contributed by atoms with E-state index in [4.69, 9.17) is 0 Å². The molecule has 0 aromatic carbocycles. The Bertz CT molecular complexity index is 348. The highest BCUT2D eigenvalue weighted by atomic mass is 32.1. The standard InChI is InChI=1S/C13H21NOS/c1-9-5-12(10(2)16-9)8-14-7-11-3-4-13(15)6-11/h5,11,13-15H,3-4,6-8H2,1-2H3. The van der Waals surface area contributed by atoms with Crippen molar-refractivity contribution in [3.63, 3.8) is 0 Å². The largest absolute Gasteiger partial charge is 0.393 e. The predicted octanol–water partition coefficient (Wildman–Crippen LogP) is 2.62. The molecule has 1 aromatic heterocycles. The second-order valence-electron chi connectivity index (χ2n) is 4.90. The molecule has 90 valence electrons. The number of hydrogen-bond acceptors (Lipinski definition) is 3. The van der Waals surface area contributed by atoms with Crippen molar-refractivity contribution in [2.24, 2.45) is 5.92 Å². The molecule has 0 spiro atoms. The maximum atomic E-state index is 9.44. The zero-order valence-corrected chi connectivity index (χ0v) is 10.9. The van der Waals surface area contributed by atoms with Crippen LogP contribution in [0.3, 0.4) is 0 Å². The zero-order chi connectivity index (χ0) is 11.5. The molecular formula is C13H21NOS. The van der Waals surface area contributed by atoms with Crippen LogP contribution in [0.15, 0.2) is 6.07 Å². The van der Waals surface area contributed by atoms with E-state index in [0.29, 0.717) is 5.92 Å². The summed E-state index contributed by atoms with van der Waals surface area (Å²) in [6.07, 6.45) is 3.10. The Hall–Kier alpha value is -0.380. The molecule has 2 nitrogen and oxygen atoms in total. The number of aryl methyl sites for hydroxylation is 2. The molecule has 1 saturated carbocycles. The molecule has 0 saturated heterocycles. The molecule has 0 radical (unpaired) electrons. The summed E-state index contributed by atoms with van der Waals surface area (Å²) >= 11 is 1.87. The lowest BCUT2D eigenvalue weighted by Gasteiger charge is -2.10. The van der Waals surface area contributed by atoms with Crippen LogP contribution in [-0.4, -0.2) is 17.8 Å². The number of aliphatic hydroxyl groups is 1. The third-order valence-corrected chi connectivity index (χ3v) is 4.41. The molecule has 1 aromatic rings. The van der Waals surface area contributed by atoms with Gasteiger partial charge in [-0.2, -0.15) is 0 Å². The lowest BCUT2D eigenvalue weighted by Crippen LogP contribution is -2.21. The molecule has 0 aliphatic heterocycles. The van der Waals surface area contributed by atoms with Gasteiger partial charge in [0.05, 0.1) is 6.10 Å². The topological polar surface area (TPSA) is 32.3 Å². The highest BCUT2D eigenvalue weighted by molar-refractivity contribution is 7.12. The predicted molar refractivity (Wildman–Crippen MR) is 68.8 cm³/mol. The van der Waals surface area contributed by atoms with Crippen LogP contribution in [0.5, 0.6) is 0 Å². The first-order valence-corrected chi connectivity index (χ1v) is 6.91. The number of rotatable bonds is 4. The van der Waals surface area contributed by atoms with Gasteiger partial charge in [-0.05, 0) is 57.2 Å². The SMILES string of the molecule is Cc1cc(CNCC2CCC(O)C2)c(C)s1. The Balaban J connectivity index is 1.74. The highest BCUT2D eigenvalue weighted by Gasteiger charge is 2.22. The van der Waals surface area contributed by atoms with Gasteiger partial charge in [-0.3, -0.25) is 0 Å².